The van der Waals surface area contributed by atoms with Gasteiger partial charge in [-0.3, -0.25) is 9.52 Å². The molecule has 2 aromatic carbocycles. The van der Waals surface area contributed by atoms with Gasteiger partial charge in [0.15, 0.2) is 0 Å². The van der Waals surface area contributed by atoms with Crippen LogP contribution in [0.1, 0.15) is 106 Å². The molecule has 4 aliphatic rings. The molecule has 0 radical (unpaired) electrons. The number of aliphatic hydroxyl groups is 1. The Balaban J connectivity index is 0.000000494. The fourth-order valence-corrected chi connectivity index (χ4v) is 9.28. The molecule has 3 heterocycles. The minimum atomic E-state index is -1.50. The Labute approximate surface area is 296 Å². The number of hydrogen-bond acceptors (Lipinski definition) is 6. The number of rotatable bonds is 3. The first-order valence-corrected chi connectivity index (χ1v) is 20.0. The average molecular weight is 700 g/mol. The molecule has 9 heteroatoms. The molecule has 8 unspecified atom stereocenters. The number of benzene rings is 2. The van der Waals surface area contributed by atoms with Crippen molar-refractivity contribution >= 4 is 34.2 Å². The van der Waals surface area contributed by atoms with Crippen molar-refractivity contribution in [3.63, 3.8) is 0 Å². The molecule has 8 atom stereocenters. The largest absolute Gasteiger partial charge is 0.491 e. The Bertz CT molecular complexity index is 1400. The van der Waals surface area contributed by atoms with Crippen molar-refractivity contribution < 1.29 is 18.8 Å². The van der Waals surface area contributed by atoms with Crippen molar-refractivity contribution in [2.75, 3.05) is 44.7 Å². The zero-order valence-electron chi connectivity index (χ0n) is 29.8. The SMILES string of the molecule is CC1CCCN(C)C1.CCCc1cc(Cl)ccc1C1COc2ccc3cc2N(C1)CC1CCC1C(O)CCCC(C)C(C)S(=O)NC3=O. The van der Waals surface area contributed by atoms with Crippen molar-refractivity contribution in [2.45, 2.75) is 103 Å². The standard InChI is InChI=1S/C32H43ClN2O4S.C7H15N/c1-4-6-22-15-26(33)11-13-27(22)25-18-35-17-24-9-12-28(24)30(36)8-5-7-20(2)21(3)40(38)34-32(37)23-10-14-31(39-19-25)29(35)16-23;1-7-4-3-5-8(2)6-7/h10-11,13-16,20-21,24-25,28,30,36H,4-9,12,17-19H2,1-3H3,(H,34,37);7H,3-6H2,1-2H3. The Morgan fingerprint density at radius 2 is 1.81 bits per heavy atom. The van der Waals surface area contributed by atoms with E-state index in [0.717, 1.165) is 80.4 Å². The van der Waals surface area contributed by atoms with E-state index >= 15 is 0 Å². The Hall–Kier alpha value is -2.13. The lowest BCUT2D eigenvalue weighted by Crippen LogP contribution is -2.44. The van der Waals surface area contributed by atoms with Gasteiger partial charge < -0.3 is 19.6 Å². The zero-order chi connectivity index (χ0) is 34.4. The number of halogens is 1. The van der Waals surface area contributed by atoms with E-state index in [0.29, 0.717) is 18.1 Å². The molecule has 0 aromatic heterocycles. The number of anilines is 1. The summed E-state index contributed by atoms with van der Waals surface area (Å²) in [6.45, 7) is 13.2. The monoisotopic (exact) mass is 699 g/mol. The quantitative estimate of drug-likeness (QED) is 0.343. The lowest BCUT2D eigenvalue weighted by Gasteiger charge is -2.43. The van der Waals surface area contributed by atoms with Crippen LogP contribution < -0.4 is 14.4 Å². The van der Waals surface area contributed by atoms with E-state index in [-0.39, 0.29) is 35.0 Å². The number of likely N-dealkylation sites (tertiary alicyclic amines) is 1. The summed E-state index contributed by atoms with van der Waals surface area (Å²) in [4.78, 5) is 18.0. The van der Waals surface area contributed by atoms with E-state index in [1.54, 1.807) is 6.07 Å². The minimum absolute atomic E-state index is 0.132. The second-order valence-corrected chi connectivity index (χ2v) is 17.1. The minimum Gasteiger partial charge on any atom is -0.491 e. The lowest BCUT2D eigenvalue weighted by molar-refractivity contribution is 0.00888. The number of ether oxygens (including phenoxy) is 1. The number of aryl methyl sites for hydroxylation is 1. The van der Waals surface area contributed by atoms with Crippen LogP contribution in [0.2, 0.25) is 5.02 Å². The number of hydrogen-bond donors (Lipinski definition) is 2. The highest BCUT2D eigenvalue weighted by atomic mass is 35.5. The number of piperidine rings is 1. The molecule has 2 bridgehead atoms. The molecule has 0 spiro atoms. The number of carbonyl (C=O) groups excluding carboxylic acids is 1. The average Bonchev–Trinajstić information content (AvgIpc) is 3.21. The molecular formula is C39H58ClN3O4S. The predicted molar refractivity (Wildman–Crippen MR) is 199 cm³/mol. The van der Waals surface area contributed by atoms with E-state index in [2.05, 4.69) is 54.5 Å². The number of fused-ring (bicyclic) bond motifs is 2. The zero-order valence-corrected chi connectivity index (χ0v) is 31.3. The molecule has 1 aliphatic carbocycles. The van der Waals surface area contributed by atoms with Crippen molar-refractivity contribution in [2.24, 2.45) is 23.7 Å². The number of aliphatic hydroxyl groups excluding tert-OH is 1. The molecule has 48 heavy (non-hydrogen) atoms. The Morgan fingerprint density at radius 1 is 1.00 bits per heavy atom. The number of nitrogens with zero attached hydrogens (tertiary/aromatic N) is 2. The first-order valence-electron chi connectivity index (χ1n) is 18.4. The topological polar surface area (TPSA) is 82.1 Å². The highest BCUT2D eigenvalue weighted by Crippen LogP contribution is 2.43. The molecular weight excluding hydrogens is 642 g/mol. The van der Waals surface area contributed by atoms with Crippen LogP contribution in [0.4, 0.5) is 5.69 Å². The summed E-state index contributed by atoms with van der Waals surface area (Å²) < 4.78 is 22.2. The Morgan fingerprint density at radius 3 is 2.50 bits per heavy atom. The van der Waals surface area contributed by atoms with Crippen LogP contribution in [0.5, 0.6) is 5.75 Å². The van der Waals surface area contributed by atoms with Gasteiger partial charge in [0.2, 0.25) is 0 Å². The van der Waals surface area contributed by atoms with Crippen LogP contribution in [0, 0.1) is 23.7 Å². The molecule has 266 valence electrons. The number of nitrogens with one attached hydrogen (secondary N) is 1. The van der Waals surface area contributed by atoms with Gasteiger partial charge in [-0.15, -0.1) is 0 Å². The maximum absolute atomic E-state index is 13.2. The number of carbonyl (C=O) groups is 1. The van der Waals surface area contributed by atoms with Gasteiger partial charge in [-0.05, 0) is 131 Å². The molecule has 2 fully saturated rings. The summed E-state index contributed by atoms with van der Waals surface area (Å²) >= 11 is 6.38. The van der Waals surface area contributed by atoms with Gasteiger partial charge in [-0.1, -0.05) is 51.3 Å². The van der Waals surface area contributed by atoms with E-state index in [1.165, 1.54) is 37.1 Å². The van der Waals surface area contributed by atoms with Crippen LogP contribution in [-0.4, -0.2) is 71.3 Å². The lowest BCUT2D eigenvalue weighted by atomic mass is 9.69. The maximum atomic E-state index is 13.2. The first-order chi connectivity index (χ1) is 23.0. The second-order valence-electron chi connectivity index (χ2n) is 15.1. The third-order valence-electron chi connectivity index (χ3n) is 11.3. The van der Waals surface area contributed by atoms with Crippen LogP contribution in [-0.2, 0) is 17.4 Å². The van der Waals surface area contributed by atoms with Crippen LogP contribution in [0.3, 0.4) is 0 Å². The van der Waals surface area contributed by atoms with E-state index < -0.39 is 11.0 Å². The van der Waals surface area contributed by atoms with Crippen molar-refractivity contribution in [1.82, 2.24) is 9.62 Å². The third kappa shape index (κ3) is 9.35. The van der Waals surface area contributed by atoms with Gasteiger partial charge in [0.05, 0.1) is 23.6 Å². The van der Waals surface area contributed by atoms with Gasteiger partial charge in [-0.2, -0.15) is 0 Å². The molecule has 1 saturated carbocycles. The highest BCUT2D eigenvalue weighted by molar-refractivity contribution is 7.84. The summed E-state index contributed by atoms with van der Waals surface area (Å²) in [5, 5.41) is 11.7. The summed E-state index contributed by atoms with van der Waals surface area (Å²) in [5.41, 5.74) is 3.88. The van der Waals surface area contributed by atoms with Crippen LogP contribution in [0.25, 0.3) is 0 Å². The van der Waals surface area contributed by atoms with Crippen LogP contribution in [0.15, 0.2) is 36.4 Å². The van der Waals surface area contributed by atoms with Crippen molar-refractivity contribution in [3.8, 4) is 5.75 Å². The van der Waals surface area contributed by atoms with Gasteiger partial charge in [0.25, 0.3) is 5.91 Å². The molecule has 1 saturated heterocycles. The van der Waals surface area contributed by atoms with Gasteiger partial charge >= 0.3 is 0 Å². The smallest absolute Gasteiger partial charge is 0.263 e. The maximum Gasteiger partial charge on any atom is 0.263 e. The molecule has 2 aromatic rings. The highest BCUT2D eigenvalue weighted by Gasteiger charge is 2.39. The third-order valence-corrected chi connectivity index (χ3v) is 13.0. The van der Waals surface area contributed by atoms with E-state index in [1.807, 2.05) is 25.1 Å². The summed E-state index contributed by atoms with van der Waals surface area (Å²) in [6.07, 6.45) is 9.16. The molecule has 6 rings (SSSR count). The molecule has 3 aliphatic heterocycles. The van der Waals surface area contributed by atoms with E-state index in [4.69, 9.17) is 16.3 Å². The fourth-order valence-electron chi connectivity index (χ4n) is 8.04. The predicted octanol–water partition coefficient (Wildman–Crippen LogP) is 7.61. The van der Waals surface area contributed by atoms with Crippen molar-refractivity contribution in [1.29, 1.82) is 0 Å². The summed E-state index contributed by atoms with van der Waals surface area (Å²) in [7, 11) is 0.706. The second kappa shape index (κ2) is 17.2. The normalized spacial score (nSPS) is 31.6. The molecule has 2 N–H and O–H groups in total. The van der Waals surface area contributed by atoms with Gasteiger partial charge in [0.1, 0.15) is 16.7 Å². The summed E-state index contributed by atoms with van der Waals surface area (Å²) in [6, 6.07) is 11.7. The molecule has 1 amide bonds. The molecule has 7 nitrogen and oxygen atoms in total. The van der Waals surface area contributed by atoms with Gasteiger partial charge in [0, 0.05) is 36.1 Å². The van der Waals surface area contributed by atoms with Crippen LogP contribution >= 0.6 is 11.6 Å². The summed E-state index contributed by atoms with van der Waals surface area (Å²) in [5.74, 6) is 2.34. The number of amides is 1. The van der Waals surface area contributed by atoms with Crippen molar-refractivity contribution in [3.05, 3.63) is 58.1 Å². The fraction of sp³-hybridized carbons (Fsp3) is 0.667. The van der Waals surface area contributed by atoms with E-state index in [9.17, 15) is 14.1 Å². The first kappa shape index (κ1) is 37.1. The Kier molecular flexibility index (Phi) is 13.3. The van der Waals surface area contributed by atoms with Gasteiger partial charge in [-0.25, -0.2) is 4.21 Å².